The van der Waals surface area contributed by atoms with Crippen molar-refractivity contribution >= 4 is 39.5 Å². The molecule has 0 aliphatic carbocycles. The number of nitrogens with zero attached hydrogens (tertiary/aromatic N) is 6. The van der Waals surface area contributed by atoms with E-state index in [0.717, 1.165) is 23.0 Å². The van der Waals surface area contributed by atoms with E-state index >= 15 is 0 Å². The van der Waals surface area contributed by atoms with Gasteiger partial charge in [-0.15, -0.1) is 0 Å². The number of carbonyl (C=O) groups is 1. The third-order valence-electron chi connectivity index (χ3n) is 5.48. The van der Waals surface area contributed by atoms with Gasteiger partial charge in [0.05, 0.1) is 10.9 Å². The van der Waals surface area contributed by atoms with Crippen molar-refractivity contribution in [2.24, 2.45) is 0 Å². The zero-order chi connectivity index (χ0) is 23.3. The van der Waals surface area contributed by atoms with Crippen molar-refractivity contribution < 1.29 is 4.79 Å². The van der Waals surface area contributed by atoms with Crippen molar-refractivity contribution in [3.05, 3.63) is 48.5 Å². The molecule has 0 aliphatic rings. The lowest BCUT2D eigenvalue weighted by atomic mass is 10.1. The summed E-state index contributed by atoms with van der Waals surface area (Å²) in [5.41, 5.74) is 9.43. The van der Waals surface area contributed by atoms with Crippen LogP contribution in [0.3, 0.4) is 0 Å². The number of hydrogen-bond acceptors (Lipinski definition) is 6. The maximum absolute atomic E-state index is 12.7. The van der Waals surface area contributed by atoms with Gasteiger partial charge in [-0.2, -0.15) is 10.2 Å². The minimum Gasteiger partial charge on any atom is -0.383 e. The van der Waals surface area contributed by atoms with Crippen molar-refractivity contribution in [3.8, 4) is 11.3 Å². The van der Waals surface area contributed by atoms with E-state index in [4.69, 9.17) is 10.8 Å². The lowest BCUT2D eigenvalue weighted by Crippen LogP contribution is -2.23. The fourth-order valence-electron chi connectivity index (χ4n) is 3.83. The largest absolute Gasteiger partial charge is 0.383 e. The number of nitrogens with one attached hydrogen (secondary N) is 2. The lowest BCUT2D eigenvalue weighted by molar-refractivity contribution is 0.102. The molecule has 0 bridgehead atoms. The average molecular weight is 444 g/mol. The molecule has 1 amide bonds. The maximum atomic E-state index is 12.7. The number of aromatic nitrogens is 7. The van der Waals surface area contributed by atoms with E-state index in [-0.39, 0.29) is 11.4 Å². The molecule has 0 atom stereocenters. The van der Waals surface area contributed by atoms with Crippen molar-refractivity contribution in [1.82, 2.24) is 34.5 Å². The second-order valence-electron chi connectivity index (χ2n) is 8.88. The number of benzene rings is 1. The molecule has 4 aromatic heterocycles. The first-order valence-electron chi connectivity index (χ1n) is 10.7. The third-order valence-corrected chi connectivity index (χ3v) is 5.48. The monoisotopic (exact) mass is 443 g/mol. The Morgan fingerprint density at radius 2 is 1.97 bits per heavy atom. The summed E-state index contributed by atoms with van der Waals surface area (Å²) in [5, 5.41) is 13.6. The topological polar surface area (TPSA) is 132 Å². The number of rotatable bonds is 4. The molecule has 10 nitrogen and oxygen atoms in total. The molecule has 4 N–H and O–H groups in total. The highest BCUT2D eigenvalue weighted by atomic mass is 16.2. The van der Waals surface area contributed by atoms with Gasteiger partial charge in [-0.25, -0.2) is 14.6 Å². The number of aryl methyl sites for hydroxylation is 1. The van der Waals surface area contributed by atoms with Gasteiger partial charge >= 0.3 is 0 Å². The third kappa shape index (κ3) is 3.59. The second-order valence-corrected chi connectivity index (χ2v) is 8.88. The summed E-state index contributed by atoms with van der Waals surface area (Å²) in [6.45, 7) is 8.90. The highest BCUT2D eigenvalue weighted by molar-refractivity contribution is 6.06. The van der Waals surface area contributed by atoms with E-state index in [1.54, 1.807) is 10.7 Å². The van der Waals surface area contributed by atoms with Crippen LogP contribution in [0.25, 0.3) is 33.2 Å². The first kappa shape index (κ1) is 20.7. The van der Waals surface area contributed by atoms with Crippen LogP contribution < -0.4 is 11.1 Å². The molecule has 1 aromatic carbocycles. The summed E-state index contributed by atoms with van der Waals surface area (Å²) in [6, 6.07) is 9.45. The fraction of sp³-hybridized carbons (Fsp3) is 0.261. The van der Waals surface area contributed by atoms with Crippen LogP contribution in [0.1, 0.15) is 38.2 Å². The van der Waals surface area contributed by atoms with Crippen LogP contribution in [0.2, 0.25) is 0 Å². The predicted octanol–water partition coefficient (Wildman–Crippen LogP) is 3.78. The molecule has 4 heterocycles. The first-order valence-corrected chi connectivity index (χ1v) is 10.7. The molecule has 33 heavy (non-hydrogen) atoms. The quantitative estimate of drug-likeness (QED) is 0.387. The number of fused-ring (bicyclic) bond motifs is 2. The van der Waals surface area contributed by atoms with E-state index < -0.39 is 0 Å². The molecule has 0 fully saturated rings. The van der Waals surface area contributed by atoms with Gasteiger partial charge in [-0.05, 0) is 39.8 Å². The fourth-order valence-corrected chi connectivity index (χ4v) is 3.83. The van der Waals surface area contributed by atoms with Gasteiger partial charge in [0.1, 0.15) is 23.5 Å². The molecular weight excluding hydrogens is 418 g/mol. The number of carbonyl (C=O) groups excluding carboxylic acids is 1. The minimum absolute atomic E-state index is 0.255. The van der Waals surface area contributed by atoms with Gasteiger partial charge in [0.15, 0.2) is 11.5 Å². The Labute approximate surface area is 189 Å². The standard InChI is InChI=1S/C23H25N9O/c1-5-31-9-8-17(29-31)28-22(33)16-10-13-6-7-14(11-15(13)27-16)19-18-20(24)25-12-26-21(18)32(30-19)23(2,3)4/h6-12,27H,5H2,1-4H3,(H2,24,25,26)(H,28,29,33). The van der Waals surface area contributed by atoms with Gasteiger partial charge in [-0.1, -0.05) is 12.1 Å². The van der Waals surface area contributed by atoms with E-state index in [2.05, 4.69) is 46.1 Å². The summed E-state index contributed by atoms with van der Waals surface area (Å²) in [7, 11) is 0. The molecule has 0 spiro atoms. The smallest absolute Gasteiger partial charge is 0.273 e. The Balaban J connectivity index is 1.54. The SMILES string of the molecule is CCn1ccc(NC(=O)c2cc3ccc(-c4nn(C(C)(C)C)c5ncnc(N)c45)cc3[nH]2)n1. The normalized spacial score (nSPS) is 12.0. The van der Waals surface area contributed by atoms with E-state index in [9.17, 15) is 4.79 Å². The van der Waals surface area contributed by atoms with E-state index in [0.29, 0.717) is 34.1 Å². The van der Waals surface area contributed by atoms with Crippen LogP contribution in [0.5, 0.6) is 0 Å². The van der Waals surface area contributed by atoms with Crippen molar-refractivity contribution in [3.63, 3.8) is 0 Å². The molecular formula is C23H25N9O. The van der Waals surface area contributed by atoms with Crippen LogP contribution in [0.15, 0.2) is 42.9 Å². The molecule has 0 unspecified atom stereocenters. The van der Waals surface area contributed by atoms with Crippen LogP contribution in [0, 0.1) is 0 Å². The Morgan fingerprint density at radius 3 is 2.70 bits per heavy atom. The van der Waals surface area contributed by atoms with Gasteiger partial charge in [0.25, 0.3) is 5.91 Å². The molecule has 5 rings (SSSR count). The second kappa shape index (κ2) is 7.44. The molecule has 0 aliphatic heterocycles. The highest BCUT2D eigenvalue weighted by Crippen LogP contribution is 2.34. The summed E-state index contributed by atoms with van der Waals surface area (Å²) in [6.07, 6.45) is 3.28. The summed E-state index contributed by atoms with van der Waals surface area (Å²) < 4.78 is 3.62. The van der Waals surface area contributed by atoms with Gasteiger partial charge < -0.3 is 16.0 Å². The minimum atomic E-state index is -0.288. The maximum Gasteiger partial charge on any atom is 0.273 e. The zero-order valence-corrected chi connectivity index (χ0v) is 18.9. The summed E-state index contributed by atoms with van der Waals surface area (Å²) in [5.74, 6) is 0.633. The number of H-pyrrole nitrogens is 1. The molecule has 0 saturated heterocycles. The highest BCUT2D eigenvalue weighted by Gasteiger charge is 2.24. The van der Waals surface area contributed by atoms with E-state index in [1.807, 2.05) is 42.1 Å². The van der Waals surface area contributed by atoms with Crippen LogP contribution in [0.4, 0.5) is 11.6 Å². The van der Waals surface area contributed by atoms with Crippen molar-refractivity contribution in [2.45, 2.75) is 39.8 Å². The predicted molar refractivity (Wildman–Crippen MR) is 128 cm³/mol. The summed E-state index contributed by atoms with van der Waals surface area (Å²) >= 11 is 0. The van der Waals surface area contributed by atoms with Gasteiger partial charge in [0.2, 0.25) is 0 Å². The Kier molecular flexibility index (Phi) is 4.66. The molecule has 5 aromatic rings. The number of aromatic amines is 1. The van der Waals surface area contributed by atoms with Crippen molar-refractivity contribution in [2.75, 3.05) is 11.1 Å². The Bertz CT molecular complexity index is 1500. The van der Waals surface area contributed by atoms with Crippen LogP contribution >= 0.6 is 0 Å². The van der Waals surface area contributed by atoms with Crippen molar-refractivity contribution in [1.29, 1.82) is 0 Å². The number of anilines is 2. The number of nitrogens with two attached hydrogens (primary N) is 1. The van der Waals surface area contributed by atoms with Gasteiger partial charge in [0, 0.05) is 35.3 Å². The number of hydrogen-bond donors (Lipinski definition) is 3. The molecule has 0 saturated carbocycles. The Hall–Kier alpha value is -4.21. The van der Waals surface area contributed by atoms with Crippen LogP contribution in [-0.2, 0) is 12.1 Å². The summed E-state index contributed by atoms with van der Waals surface area (Å²) in [4.78, 5) is 24.5. The zero-order valence-electron chi connectivity index (χ0n) is 18.9. The van der Waals surface area contributed by atoms with E-state index in [1.165, 1.54) is 6.33 Å². The number of amides is 1. The molecule has 168 valence electrons. The lowest BCUT2D eigenvalue weighted by Gasteiger charge is -2.19. The van der Waals surface area contributed by atoms with Gasteiger partial charge in [-0.3, -0.25) is 9.48 Å². The average Bonchev–Trinajstić information content (AvgIpc) is 3.49. The molecule has 0 radical (unpaired) electrons. The number of nitrogen functional groups attached to an aromatic ring is 1. The first-order chi connectivity index (χ1) is 15.7. The molecule has 10 heteroatoms. The Morgan fingerprint density at radius 1 is 1.15 bits per heavy atom. The van der Waals surface area contributed by atoms with Crippen LogP contribution in [-0.4, -0.2) is 40.4 Å².